The molecule has 0 saturated heterocycles. The van der Waals surface area contributed by atoms with Gasteiger partial charge in [0.15, 0.2) is 0 Å². The maximum atomic E-state index is 12.0. The van der Waals surface area contributed by atoms with E-state index in [2.05, 4.69) is 10.3 Å². The molecule has 0 fully saturated rings. The number of pyridine rings is 1. The second-order valence-electron chi connectivity index (χ2n) is 4.01. The lowest BCUT2D eigenvalue weighted by Gasteiger charge is -2.13. The van der Waals surface area contributed by atoms with Crippen LogP contribution >= 0.6 is 0 Å². The molecule has 1 rings (SSSR count). The van der Waals surface area contributed by atoms with Gasteiger partial charge in [-0.3, -0.25) is 9.00 Å². The van der Waals surface area contributed by atoms with Gasteiger partial charge in [-0.25, -0.2) is 9.78 Å². The summed E-state index contributed by atoms with van der Waals surface area (Å²) in [6, 6.07) is 2.21. The number of carboxylic acids is 1. The number of nitrogens with one attached hydrogen (secondary N) is 1. The summed E-state index contributed by atoms with van der Waals surface area (Å²) in [6.07, 6.45) is 1.54. The first-order valence-electron chi connectivity index (χ1n) is 5.76. The first-order chi connectivity index (χ1) is 9.43. The number of hydrogen-bond acceptors (Lipinski definition) is 5. The summed E-state index contributed by atoms with van der Waals surface area (Å²) in [4.78, 5) is 25.8. The van der Waals surface area contributed by atoms with Crippen LogP contribution in [0.3, 0.4) is 0 Å². The van der Waals surface area contributed by atoms with Crippen molar-refractivity contribution >= 4 is 22.7 Å². The third-order valence-electron chi connectivity index (χ3n) is 2.39. The summed E-state index contributed by atoms with van der Waals surface area (Å²) in [6.45, 7) is 1.21. The van der Waals surface area contributed by atoms with Gasteiger partial charge in [-0.2, -0.15) is 0 Å². The molecule has 8 heteroatoms. The molecule has 0 aromatic carbocycles. The van der Waals surface area contributed by atoms with E-state index in [9.17, 15) is 13.8 Å². The van der Waals surface area contributed by atoms with Crippen LogP contribution in [0.5, 0.6) is 5.88 Å². The Labute approximate surface area is 118 Å². The molecule has 0 bridgehead atoms. The fourth-order valence-electron chi connectivity index (χ4n) is 1.56. The topological polar surface area (TPSA) is 106 Å². The van der Waals surface area contributed by atoms with Crippen molar-refractivity contribution in [3.8, 4) is 5.88 Å². The third kappa shape index (κ3) is 4.96. The Kier molecular flexibility index (Phi) is 6.10. The monoisotopic (exact) mass is 300 g/mol. The number of hydrogen-bond donors (Lipinski definition) is 2. The predicted molar refractivity (Wildman–Crippen MR) is 72.7 cm³/mol. The number of amides is 1. The van der Waals surface area contributed by atoms with E-state index in [1.807, 2.05) is 0 Å². The van der Waals surface area contributed by atoms with Crippen LogP contribution in [0.15, 0.2) is 18.3 Å². The number of carboxylic acid groups (broad SMARTS) is 1. The number of methoxy groups -OCH3 is 1. The summed E-state index contributed by atoms with van der Waals surface area (Å²) in [5.74, 6) is -1.40. The molecule has 0 saturated carbocycles. The molecule has 0 aliphatic heterocycles. The van der Waals surface area contributed by atoms with Crippen molar-refractivity contribution in [2.75, 3.05) is 12.9 Å². The van der Waals surface area contributed by atoms with E-state index < -0.39 is 28.7 Å². The van der Waals surface area contributed by atoms with Crippen molar-refractivity contribution in [3.63, 3.8) is 0 Å². The summed E-state index contributed by atoms with van der Waals surface area (Å²) >= 11 is 0. The van der Waals surface area contributed by atoms with Gasteiger partial charge < -0.3 is 15.2 Å². The molecular weight excluding hydrogens is 284 g/mol. The molecular formula is C12H16N2O5S. The van der Waals surface area contributed by atoms with Gasteiger partial charge in [-0.05, 0) is 6.07 Å². The normalized spacial score (nSPS) is 13.3. The average Bonchev–Trinajstić information content (AvgIpc) is 2.37. The Bertz CT molecular complexity index is 520. The molecule has 1 heterocycles. The van der Waals surface area contributed by atoms with E-state index in [0.717, 1.165) is 0 Å². The fraction of sp³-hybridized carbons (Fsp3) is 0.417. The van der Waals surface area contributed by atoms with E-state index in [4.69, 9.17) is 9.84 Å². The highest BCUT2D eigenvalue weighted by Gasteiger charge is 2.22. The fourth-order valence-corrected chi connectivity index (χ4v) is 2.84. The average molecular weight is 300 g/mol. The highest BCUT2D eigenvalue weighted by molar-refractivity contribution is 7.84. The minimum atomic E-state index is -1.47. The van der Waals surface area contributed by atoms with Crippen molar-refractivity contribution in [3.05, 3.63) is 23.9 Å². The van der Waals surface area contributed by atoms with E-state index in [1.165, 1.54) is 14.0 Å². The number of rotatable bonds is 7. The molecule has 0 aliphatic carbocycles. The molecule has 1 aromatic rings. The smallest absolute Gasteiger partial charge is 0.327 e. The minimum Gasteiger partial charge on any atom is -0.481 e. The first kappa shape index (κ1) is 16.1. The van der Waals surface area contributed by atoms with Crippen LogP contribution in [0.1, 0.15) is 12.5 Å². The Morgan fingerprint density at radius 2 is 2.25 bits per heavy atom. The first-order valence-corrected chi connectivity index (χ1v) is 7.25. The van der Waals surface area contributed by atoms with Crippen LogP contribution in [0.4, 0.5) is 0 Å². The van der Waals surface area contributed by atoms with Crippen LogP contribution in [0.2, 0.25) is 0 Å². The molecule has 0 spiro atoms. The summed E-state index contributed by atoms with van der Waals surface area (Å²) < 4.78 is 17.0. The molecule has 110 valence electrons. The minimum absolute atomic E-state index is 0.111. The van der Waals surface area contributed by atoms with Crippen molar-refractivity contribution in [1.82, 2.24) is 10.3 Å². The molecule has 0 aliphatic rings. The number of carbonyl (C=O) groups excluding carboxylic acids is 1. The molecule has 1 amide bonds. The second-order valence-corrected chi connectivity index (χ2v) is 5.52. The predicted octanol–water partition coefficient (Wildman–Crippen LogP) is -0.0718. The molecule has 20 heavy (non-hydrogen) atoms. The van der Waals surface area contributed by atoms with E-state index in [-0.39, 0.29) is 11.5 Å². The van der Waals surface area contributed by atoms with Gasteiger partial charge in [-0.1, -0.05) is 6.07 Å². The highest BCUT2D eigenvalue weighted by atomic mass is 32.2. The van der Waals surface area contributed by atoms with Crippen molar-refractivity contribution < 1.29 is 23.6 Å². The maximum absolute atomic E-state index is 12.0. The lowest BCUT2D eigenvalue weighted by atomic mass is 10.3. The van der Waals surface area contributed by atoms with Crippen molar-refractivity contribution in [2.45, 2.75) is 18.7 Å². The lowest BCUT2D eigenvalue weighted by molar-refractivity contribution is -0.140. The number of ether oxygens (including phenoxy) is 1. The van der Waals surface area contributed by atoms with E-state index >= 15 is 0 Å². The Balaban J connectivity index is 2.70. The Morgan fingerprint density at radius 3 is 2.80 bits per heavy atom. The zero-order valence-corrected chi connectivity index (χ0v) is 12.0. The van der Waals surface area contributed by atoms with Crippen molar-refractivity contribution in [1.29, 1.82) is 0 Å². The van der Waals surface area contributed by atoms with E-state index in [1.54, 1.807) is 18.3 Å². The zero-order valence-electron chi connectivity index (χ0n) is 11.2. The zero-order chi connectivity index (χ0) is 15.1. The Hall–Kier alpha value is -1.96. The van der Waals surface area contributed by atoms with Gasteiger partial charge in [0.2, 0.25) is 11.8 Å². The summed E-state index contributed by atoms with van der Waals surface area (Å²) in [5, 5.41) is 11.2. The van der Waals surface area contributed by atoms with Crippen LogP contribution in [-0.2, 0) is 26.1 Å². The maximum Gasteiger partial charge on any atom is 0.327 e. The Morgan fingerprint density at radius 1 is 1.55 bits per heavy atom. The van der Waals surface area contributed by atoms with Gasteiger partial charge >= 0.3 is 5.97 Å². The summed E-state index contributed by atoms with van der Waals surface area (Å²) in [7, 11) is -0.0150. The van der Waals surface area contributed by atoms with E-state index in [0.29, 0.717) is 11.4 Å². The number of aliphatic carboxylic acids is 1. The van der Waals surface area contributed by atoms with Gasteiger partial charge in [0.05, 0.1) is 18.6 Å². The quantitative estimate of drug-likeness (QED) is 0.730. The van der Waals surface area contributed by atoms with Gasteiger partial charge in [0, 0.05) is 29.5 Å². The highest BCUT2D eigenvalue weighted by Crippen LogP contribution is 2.15. The van der Waals surface area contributed by atoms with Gasteiger partial charge in [-0.15, -0.1) is 0 Å². The number of carbonyl (C=O) groups is 2. The molecule has 2 N–H and O–H groups in total. The SMILES string of the molecule is COc1ncccc1CS(=O)C[C@H](NC(C)=O)C(=O)O. The number of nitrogens with zero attached hydrogens (tertiary/aromatic N) is 1. The van der Waals surface area contributed by atoms with Crippen LogP contribution in [0.25, 0.3) is 0 Å². The number of aromatic nitrogens is 1. The standard InChI is InChI=1S/C12H16N2O5S/c1-8(15)14-10(12(16)17)7-20(18)6-9-4-3-5-13-11(9)19-2/h3-5,10H,6-7H2,1-2H3,(H,14,15)(H,16,17)/t10-,20?/m0/s1. The van der Waals surface area contributed by atoms with Crippen LogP contribution in [-0.4, -0.2) is 45.1 Å². The molecule has 0 radical (unpaired) electrons. The molecule has 7 nitrogen and oxygen atoms in total. The second kappa shape index (κ2) is 7.59. The largest absolute Gasteiger partial charge is 0.481 e. The van der Waals surface area contributed by atoms with Crippen LogP contribution < -0.4 is 10.1 Å². The van der Waals surface area contributed by atoms with Crippen molar-refractivity contribution in [2.24, 2.45) is 0 Å². The lowest BCUT2D eigenvalue weighted by Crippen LogP contribution is -2.43. The van der Waals surface area contributed by atoms with Gasteiger partial charge in [0.1, 0.15) is 6.04 Å². The molecule has 1 aromatic heterocycles. The third-order valence-corrected chi connectivity index (χ3v) is 3.73. The summed E-state index contributed by atoms with van der Waals surface area (Å²) in [5.41, 5.74) is 0.625. The van der Waals surface area contributed by atoms with Crippen LogP contribution in [0, 0.1) is 0 Å². The van der Waals surface area contributed by atoms with Gasteiger partial charge in [0.25, 0.3) is 0 Å². The molecule has 1 unspecified atom stereocenters. The molecule has 2 atom stereocenters.